The van der Waals surface area contributed by atoms with Gasteiger partial charge in [0.1, 0.15) is 12.7 Å². The summed E-state index contributed by atoms with van der Waals surface area (Å²) in [7, 11) is 0. The average molecular weight is 285 g/mol. The van der Waals surface area contributed by atoms with E-state index in [2.05, 4.69) is 38.6 Å². The van der Waals surface area contributed by atoms with E-state index in [1.54, 1.807) is 24.0 Å². The highest BCUT2D eigenvalue weighted by molar-refractivity contribution is 7.11. The second-order valence-electron chi connectivity index (χ2n) is 4.49. The molecule has 5 nitrogen and oxygen atoms in total. The molecule has 3 rings (SSSR count). The predicted molar refractivity (Wildman–Crippen MR) is 79.7 cm³/mol. The highest BCUT2D eigenvalue weighted by Gasteiger charge is 2.00. The predicted octanol–water partition coefficient (Wildman–Crippen LogP) is 2.70. The summed E-state index contributed by atoms with van der Waals surface area (Å²) < 4.78 is 1.81. The van der Waals surface area contributed by atoms with Gasteiger partial charge in [-0.3, -0.25) is 0 Å². The molecule has 0 aliphatic carbocycles. The number of nitrogens with zero attached hydrogens (tertiary/aromatic N) is 4. The number of aromatic nitrogens is 4. The minimum Gasteiger partial charge on any atom is -0.380 e. The summed E-state index contributed by atoms with van der Waals surface area (Å²) in [6.45, 7) is 3.56. The maximum atomic E-state index is 4.26. The number of hydrogen-bond acceptors (Lipinski definition) is 5. The van der Waals surface area contributed by atoms with Crippen molar-refractivity contribution in [1.29, 1.82) is 0 Å². The van der Waals surface area contributed by atoms with Crippen LogP contribution in [0.15, 0.2) is 43.1 Å². The van der Waals surface area contributed by atoms with Crippen LogP contribution in [0.1, 0.15) is 15.4 Å². The van der Waals surface area contributed by atoms with E-state index in [9.17, 15) is 0 Å². The summed E-state index contributed by atoms with van der Waals surface area (Å²) >= 11 is 1.72. The first-order valence-corrected chi connectivity index (χ1v) is 7.18. The first-order valence-electron chi connectivity index (χ1n) is 6.36. The normalized spacial score (nSPS) is 10.7. The molecule has 1 aromatic carbocycles. The molecular formula is C14H15N5S. The third-order valence-corrected chi connectivity index (χ3v) is 3.79. The van der Waals surface area contributed by atoms with Crippen LogP contribution in [-0.4, -0.2) is 19.7 Å². The summed E-state index contributed by atoms with van der Waals surface area (Å²) in [6.07, 6.45) is 5.20. The van der Waals surface area contributed by atoms with Crippen molar-refractivity contribution in [2.45, 2.75) is 20.0 Å². The van der Waals surface area contributed by atoms with Crippen molar-refractivity contribution in [2.24, 2.45) is 0 Å². The van der Waals surface area contributed by atoms with Gasteiger partial charge in [-0.2, -0.15) is 5.10 Å². The molecule has 0 atom stereocenters. The van der Waals surface area contributed by atoms with Gasteiger partial charge in [0.15, 0.2) is 0 Å². The van der Waals surface area contributed by atoms with Gasteiger partial charge in [0.05, 0.1) is 18.1 Å². The summed E-state index contributed by atoms with van der Waals surface area (Å²) in [5.74, 6) is 0. The second-order valence-corrected chi connectivity index (χ2v) is 5.81. The lowest BCUT2D eigenvalue weighted by Gasteiger charge is -2.07. The lowest BCUT2D eigenvalue weighted by molar-refractivity contribution is 0.685. The molecule has 20 heavy (non-hydrogen) atoms. The molecule has 0 bridgehead atoms. The lowest BCUT2D eigenvalue weighted by atomic mass is 10.2. The molecule has 0 unspecified atom stereocenters. The monoisotopic (exact) mass is 285 g/mol. The van der Waals surface area contributed by atoms with Gasteiger partial charge in [-0.1, -0.05) is 12.1 Å². The minimum absolute atomic E-state index is 0.731. The molecule has 102 valence electrons. The van der Waals surface area contributed by atoms with Gasteiger partial charge in [0, 0.05) is 16.8 Å². The van der Waals surface area contributed by atoms with E-state index in [-0.39, 0.29) is 0 Å². The zero-order valence-corrected chi connectivity index (χ0v) is 12.0. The summed E-state index contributed by atoms with van der Waals surface area (Å²) in [5, 5.41) is 8.63. The molecule has 6 heteroatoms. The number of aryl methyl sites for hydroxylation is 1. The third kappa shape index (κ3) is 3.21. The summed E-state index contributed by atoms with van der Waals surface area (Å²) in [4.78, 5) is 9.45. The van der Waals surface area contributed by atoms with Crippen molar-refractivity contribution in [3.63, 3.8) is 0 Å². The maximum Gasteiger partial charge on any atom is 0.137 e. The first-order chi connectivity index (χ1) is 9.79. The quantitative estimate of drug-likeness (QED) is 0.783. The molecule has 2 heterocycles. The van der Waals surface area contributed by atoms with Crippen LogP contribution in [0.3, 0.4) is 0 Å². The molecule has 2 aromatic heterocycles. The molecule has 0 saturated heterocycles. The average Bonchev–Trinajstić information content (AvgIpc) is 3.09. The van der Waals surface area contributed by atoms with Crippen LogP contribution in [0.2, 0.25) is 0 Å². The van der Waals surface area contributed by atoms with Crippen LogP contribution in [0, 0.1) is 6.92 Å². The molecule has 0 radical (unpaired) electrons. The summed E-state index contributed by atoms with van der Waals surface area (Å²) in [5.41, 5.74) is 2.30. The molecule has 0 aliphatic heterocycles. The molecule has 0 amide bonds. The SMILES string of the molecule is Cc1ncc(CNc2cccc(Cn3cncn3)c2)s1. The van der Waals surface area contributed by atoms with Crippen molar-refractivity contribution in [2.75, 3.05) is 5.32 Å². The fraction of sp³-hybridized carbons (Fsp3) is 0.214. The minimum atomic E-state index is 0.731. The van der Waals surface area contributed by atoms with Crippen LogP contribution in [-0.2, 0) is 13.1 Å². The highest BCUT2D eigenvalue weighted by atomic mass is 32.1. The lowest BCUT2D eigenvalue weighted by Crippen LogP contribution is -2.02. The standard InChI is InChI=1S/C14H15N5S/c1-11-16-6-14(20-11)7-17-13-4-2-3-12(5-13)8-19-10-15-9-18-19/h2-6,9-10,17H,7-8H2,1H3. The van der Waals surface area contributed by atoms with Crippen LogP contribution in [0.25, 0.3) is 0 Å². The second kappa shape index (κ2) is 5.83. The number of nitrogens with one attached hydrogen (secondary N) is 1. The van der Waals surface area contributed by atoms with E-state index in [4.69, 9.17) is 0 Å². The summed E-state index contributed by atoms with van der Waals surface area (Å²) in [6, 6.07) is 8.34. The van der Waals surface area contributed by atoms with Gasteiger partial charge < -0.3 is 5.32 Å². The molecule has 0 fully saturated rings. The van der Waals surface area contributed by atoms with E-state index in [1.165, 1.54) is 10.4 Å². The van der Waals surface area contributed by atoms with E-state index >= 15 is 0 Å². The van der Waals surface area contributed by atoms with Gasteiger partial charge in [-0.05, 0) is 24.6 Å². The van der Waals surface area contributed by atoms with Crippen LogP contribution in [0.5, 0.6) is 0 Å². The van der Waals surface area contributed by atoms with Crippen LogP contribution < -0.4 is 5.32 Å². The number of hydrogen-bond donors (Lipinski definition) is 1. The van der Waals surface area contributed by atoms with E-state index < -0.39 is 0 Å². The molecule has 3 aromatic rings. The van der Waals surface area contributed by atoms with Crippen molar-refractivity contribution < 1.29 is 0 Å². The Balaban J connectivity index is 1.65. The Kier molecular flexibility index (Phi) is 3.73. The Morgan fingerprint density at radius 2 is 2.30 bits per heavy atom. The van der Waals surface area contributed by atoms with Gasteiger partial charge in [0.25, 0.3) is 0 Å². The van der Waals surface area contributed by atoms with Crippen molar-refractivity contribution in [3.8, 4) is 0 Å². The third-order valence-electron chi connectivity index (χ3n) is 2.87. The van der Waals surface area contributed by atoms with E-state index in [0.717, 1.165) is 23.8 Å². The van der Waals surface area contributed by atoms with Crippen molar-refractivity contribution >= 4 is 17.0 Å². The Bertz CT molecular complexity index is 674. The number of benzene rings is 1. The first kappa shape index (κ1) is 12.8. The van der Waals surface area contributed by atoms with Gasteiger partial charge in [0.2, 0.25) is 0 Å². The molecule has 0 aliphatic rings. The zero-order chi connectivity index (χ0) is 13.8. The number of rotatable bonds is 5. The van der Waals surface area contributed by atoms with Crippen LogP contribution in [0.4, 0.5) is 5.69 Å². The Hall–Kier alpha value is -2.21. The van der Waals surface area contributed by atoms with Crippen LogP contribution >= 0.6 is 11.3 Å². The fourth-order valence-corrected chi connectivity index (χ4v) is 2.69. The molecule has 1 N–H and O–H groups in total. The largest absolute Gasteiger partial charge is 0.380 e. The van der Waals surface area contributed by atoms with E-state index in [0.29, 0.717) is 0 Å². The zero-order valence-electron chi connectivity index (χ0n) is 11.2. The number of anilines is 1. The highest BCUT2D eigenvalue weighted by Crippen LogP contribution is 2.16. The van der Waals surface area contributed by atoms with Crippen molar-refractivity contribution in [1.82, 2.24) is 19.7 Å². The topological polar surface area (TPSA) is 55.6 Å². The molecule has 0 spiro atoms. The molecule has 0 saturated carbocycles. The smallest absolute Gasteiger partial charge is 0.137 e. The maximum absolute atomic E-state index is 4.26. The number of thiazole rings is 1. The molecular weight excluding hydrogens is 270 g/mol. The van der Waals surface area contributed by atoms with Gasteiger partial charge >= 0.3 is 0 Å². The Morgan fingerprint density at radius 1 is 1.35 bits per heavy atom. The van der Waals surface area contributed by atoms with Crippen molar-refractivity contribution in [3.05, 3.63) is 58.6 Å². The van der Waals surface area contributed by atoms with E-state index in [1.807, 2.05) is 23.9 Å². The Morgan fingerprint density at radius 3 is 3.05 bits per heavy atom. The Labute approximate surface area is 121 Å². The fourth-order valence-electron chi connectivity index (χ4n) is 1.96. The van der Waals surface area contributed by atoms with Gasteiger partial charge in [-0.25, -0.2) is 14.6 Å². The van der Waals surface area contributed by atoms with Gasteiger partial charge in [-0.15, -0.1) is 11.3 Å².